The van der Waals surface area contributed by atoms with Gasteiger partial charge < -0.3 is 10.5 Å². The van der Waals surface area contributed by atoms with Gasteiger partial charge in [0.1, 0.15) is 0 Å². The summed E-state index contributed by atoms with van der Waals surface area (Å²) in [5.74, 6) is 0.892. The molecule has 1 aliphatic carbocycles. The molecule has 0 amide bonds. The number of carbonyl (C=O) groups is 1. The molecule has 1 saturated carbocycles. The van der Waals surface area contributed by atoms with Crippen LogP contribution in [0.5, 0.6) is 0 Å². The first-order valence-corrected chi connectivity index (χ1v) is 7.31. The van der Waals surface area contributed by atoms with E-state index in [0.29, 0.717) is 30.3 Å². The van der Waals surface area contributed by atoms with Crippen molar-refractivity contribution in [3.8, 4) is 0 Å². The van der Waals surface area contributed by atoms with Gasteiger partial charge in [-0.2, -0.15) is 0 Å². The Morgan fingerprint density at radius 3 is 2.56 bits per heavy atom. The summed E-state index contributed by atoms with van der Waals surface area (Å²) >= 11 is 0. The highest BCUT2D eigenvalue weighted by atomic mass is 16.5. The molecule has 0 aromatic heterocycles. The zero-order valence-electron chi connectivity index (χ0n) is 12.4. The second-order valence-corrected chi connectivity index (χ2v) is 6.29. The average Bonchev–Trinajstić information content (AvgIpc) is 2.32. The van der Waals surface area contributed by atoms with Crippen LogP contribution in [0.3, 0.4) is 0 Å². The highest BCUT2D eigenvalue weighted by molar-refractivity contribution is 5.69. The third-order valence-corrected chi connectivity index (χ3v) is 4.79. The number of hydrogen-bond donors (Lipinski definition) is 1. The molecule has 3 nitrogen and oxygen atoms in total. The lowest BCUT2D eigenvalue weighted by atomic mass is 9.65. The van der Waals surface area contributed by atoms with Gasteiger partial charge in [0.2, 0.25) is 0 Å². The molecule has 3 atom stereocenters. The van der Waals surface area contributed by atoms with Gasteiger partial charge in [-0.15, -0.1) is 0 Å². The molecule has 0 bridgehead atoms. The number of rotatable bonds is 5. The lowest BCUT2D eigenvalue weighted by Crippen LogP contribution is -2.41. The number of carbonyl (C=O) groups excluding carboxylic acids is 1. The van der Waals surface area contributed by atoms with Crippen LogP contribution in [0.4, 0.5) is 0 Å². The van der Waals surface area contributed by atoms with Crippen molar-refractivity contribution >= 4 is 5.97 Å². The predicted octanol–water partition coefficient (Wildman–Crippen LogP) is 3.12. The Labute approximate surface area is 111 Å². The van der Waals surface area contributed by atoms with Gasteiger partial charge >= 0.3 is 5.97 Å². The molecule has 1 fully saturated rings. The SMILES string of the molecule is CCOC(=O)CC1CC(C(C)(C)CC)CCC1N. The van der Waals surface area contributed by atoms with Crippen molar-refractivity contribution in [3.05, 3.63) is 0 Å². The van der Waals surface area contributed by atoms with E-state index in [4.69, 9.17) is 10.5 Å². The Morgan fingerprint density at radius 2 is 2.00 bits per heavy atom. The van der Waals surface area contributed by atoms with E-state index in [1.165, 1.54) is 12.8 Å². The minimum absolute atomic E-state index is 0.0899. The maximum Gasteiger partial charge on any atom is 0.306 e. The molecule has 0 aliphatic heterocycles. The summed E-state index contributed by atoms with van der Waals surface area (Å²) in [4.78, 5) is 11.6. The molecule has 0 aromatic rings. The van der Waals surface area contributed by atoms with Crippen LogP contribution in [0.25, 0.3) is 0 Å². The second-order valence-electron chi connectivity index (χ2n) is 6.29. The molecule has 18 heavy (non-hydrogen) atoms. The van der Waals surface area contributed by atoms with E-state index in [1.54, 1.807) is 0 Å². The zero-order chi connectivity index (χ0) is 13.8. The van der Waals surface area contributed by atoms with Crippen molar-refractivity contribution in [1.29, 1.82) is 0 Å². The van der Waals surface area contributed by atoms with Crippen molar-refractivity contribution in [2.45, 2.75) is 65.8 Å². The molecule has 106 valence electrons. The largest absolute Gasteiger partial charge is 0.466 e. The van der Waals surface area contributed by atoms with E-state index in [-0.39, 0.29) is 12.0 Å². The molecule has 0 heterocycles. The van der Waals surface area contributed by atoms with Gasteiger partial charge in [-0.25, -0.2) is 0 Å². The van der Waals surface area contributed by atoms with Gasteiger partial charge in [0.25, 0.3) is 0 Å². The van der Waals surface area contributed by atoms with Crippen LogP contribution >= 0.6 is 0 Å². The molecule has 3 unspecified atom stereocenters. The lowest BCUT2D eigenvalue weighted by Gasteiger charge is -2.41. The standard InChI is InChI=1S/C15H29NO2/c1-5-15(3,4)12-7-8-13(16)11(9-12)10-14(17)18-6-2/h11-13H,5-10,16H2,1-4H3. The summed E-state index contributed by atoms with van der Waals surface area (Å²) in [6.07, 6.45) is 4.98. The molecular weight excluding hydrogens is 226 g/mol. The Balaban J connectivity index is 2.59. The van der Waals surface area contributed by atoms with E-state index in [9.17, 15) is 4.79 Å². The van der Waals surface area contributed by atoms with Crippen LogP contribution in [-0.4, -0.2) is 18.6 Å². The first kappa shape index (κ1) is 15.5. The maximum atomic E-state index is 11.6. The van der Waals surface area contributed by atoms with Crippen molar-refractivity contribution < 1.29 is 9.53 Å². The predicted molar refractivity (Wildman–Crippen MR) is 74.1 cm³/mol. The number of hydrogen-bond acceptors (Lipinski definition) is 3. The number of nitrogens with two attached hydrogens (primary N) is 1. The first-order chi connectivity index (χ1) is 8.40. The van der Waals surface area contributed by atoms with Crippen molar-refractivity contribution in [3.63, 3.8) is 0 Å². The minimum atomic E-state index is -0.0899. The number of ether oxygens (including phenoxy) is 1. The van der Waals surface area contributed by atoms with Gasteiger partial charge in [-0.3, -0.25) is 4.79 Å². The topological polar surface area (TPSA) is 52.3 Å². The summed E-state index contributed by atoms with van der Waals surface area (Å²) in [5.41, 5.74) is 6.52. The van der Waals surface area contributed by atoms with Crippen molar-refractivity contribution in [1.82, 2.24) is 0 Å². The van der Waals surface area contributed by atoms with Crippen LogP contribution in [0.15, 0.2) is 0 Å². The van der Waals surface area contributed by atoms with Crippen LogP contribution in [0.2, 0.25) is 0 Å². The fourth-order valence-corrected chi connectivity index (χ4v) is 2.95. The fourth-order valence-electron chi connectivity index (χ4n) is 2.95. The second kappa shape index (κ2) is 6.55. The minimum Gasteiger partial charge on any atom is -0.466 e. The molecule has 2 N–H and O–H groups in total. The molecule has 0 saturated heterocycles. The quantitative estimate of drug-likeness (QED) is 0.768. The summed E-state index contributed by atoms with van der Waals surface area (Å²) in [5, 5.41) is 0. The zero-order valence-corrected chi connectivity index (χ0v) is 12.4. The van der Waals surface area contributed by atoms with Gasteiger partial charge in [0, 0.05) is 12.5 Å². The lowest BCUT2D eigenvalue weighted by molar-refractivity contribution is -0.145. The van der Waals surface area contributed by atoms with Crippen molar-refractivity contribution in [2.24, 2.45) is 23.0 Å². The van der Waals surface area contributed by atoms with E-state index in [2.05, 4.69) is 20.8 Å². The molecule has 0 aromatic carbocycles. The monoisotopic (exact) mass is 255 g/mol. The van der Waals surface area contributed by atoms with E-state index in [1.807, 2.05) is 6.92 Å². The molecular formula is C15H29NO2. The van der Waals surface area contributed by atoms with Crippen LogP contribution in [0, 0.1) is 17.3 Å². The summed E-state index contributed by atoms with van der Waals surface area (Å²) in [6, 6.07) is 0.165. The Hall–Kier alpha value is -0.570. The van der Waals surface area contributed by atoms with Crippen LogP contribution < -0.4 is 5.73 Å². The third kappa shape index (κ3) is 3.98. The summed E-state index contributed by atoms with van der Waals surface area (Å²) in [6.45, 7) is 9.22. The highest BCUT2D eigenvalue weighted by Crippen LogP contribution is 2.42. The molecule has 0 spiro atoms. The smallest absolute Gasteiger partial charge is 0.306 e. The van der Waals surface area contributed by atoms with Crippen LogP contribution in [0.1, 0.15) is 59.8 Å². The fraction of sp³-hybridized carbons (Fsp3) is 0.933. The third-order valence-electron chi connectivity index (χ3n) is 4.79. The first-order valence-electron chi connectivity index (χ1n) is 7.31. The molecule has 3 heteroatoms. The van der Waals surface area contributed by atoms with Gasteiger partial charge in [0.05, 0.1) is 6.61 Å². The van der Waals surface area contributed by atoms with E-state index < -0.39 is 0 Å². The normalized spacial score (nSPS) is 29.1. The van der Waals surface area contributed by atoms with Crippen molar-refractivity contribution in [2.75, 3.05) is 6.61 Å². The average molecular weight is 255 g/mol. The molecule has 1 aliphatic rings. The maximum absolute atomic E-state index is 11.6. The summed E-state index contributed by atoms with van der Waals surface area (Å²) < 4.78 is 5.05. The Bertz CT molecular complexity index is 276. The molecule has 1 rings (SSSR count). The Kier molecular flexibility index (Phi) is 5.64. The van der Waals surface area contributed by atoms with E-state index in [0.717, 1.165) is 12.8 Å². The number of esters is 1. The van der Waals surface area contributed by atoms with Gasteiger partial charge in [0.15, 0.2) is 0 Å². The Morgan fingerprint density at radius 1 is 1.33 bits per heavy atom. The molecule has 0 radical (unpaired) electrons. The highest BCUT2D eigenvalue weighted by Gasteiger charge is 2.36. The van der Waals surface area contributed by atoms with E-state index >= 15 is 0 Å². The summed E-state index contributed by atoms with van der Waals surface area (Å²) in [7, 11) is 0. The van der Waals surface area contributed by atoms with Gasteiger partial charge in [-0.1, -0.05) is 27.2 Å². The van der Waals surface area contributed by atoms with Gasteiger partial charge in [-0.05, 0) is 43.4 Å². The van der Waals surface area contributed by atoms with Crippen LogP contribution in [-0.2, 0) is 9.53 Å².